The second-order valence-corrected chi connectivity index (χ2v) is 5.75. The molecule has 0 saturated carbocycles. The van der Waals surface area contributed by atoms with E-state index in [-0.39, 0.29) is 15.7 Å². The fourth-order valence-corrected chi connectivity index (χ4v) is 2.50. The first-order chi connectivity index (χ1) is 9.47. The van der Waals surface area contributed by atoms with Gasteiger partial charge < -0.3 is 5.32 Å². The van der Waals surface area contributed by atoms with Gasteiger partial charge in [0.2, 0.25) is 0 Å². The minimum Gasteiger partial charge on any atom is -0.379 e. The second-order valence-electron chi connectivity index (χ2n) is 4.02. The summed E-state index contributed by atoms with van der Waals surface area (Å²) in [5.41, 5.74) is 1.40. The van der Waals surface area contributed by atoms with Crippen molar-refractivity contribution in [2.75, 3.05) is 5.32 Å². The molecule has 4 nitrogen and oxygen atoms in total. The van der Waals surface area contributed by atoms with Crippen molar-refractivity contribution in [2.45, 2.75) is 6.54 Å². The summed E-state index contributed by atoms with van der Waals surface area (Å²) in [6, 6.07) is 10.3. The molecule has 0 spiro atoms. The summed E-state index contributed by atoms with van der Waals surface area (Å²) in [5.74, 6) is 0. The molecular weight excluding hydrogens is 367 g/mol. The molecule has 2 aromatic carbocycles. The summed E-state index contributed by atoms with van der Waals surface area (Å²) in [7, 11) is 0. The minimum atomic E-state index is -0.531. The summed E-state index contributed by atoms with van der Waals surface area (Å²) in [6.07, 6.45) is 0. The number of hydrogen-bond donors (Lipinski definition) is 1. The summed E-state index contributed by atoms with van der Waals surface area (Å²) >= 11 is 15.4. The molecule has 0 aromatic heterocycles. The van der Waals surface area contributed by atoms with Crippen LogP contribution in [0.15, 0.2) is 40.9 Å². The lowest BCUT2D eigenvalue weighted by atomic mass is 10.2. The number of non-ortho nitro benzene ring substituents is 1. The summed E-state index contributed by atoms with van der Waals surface area (Å²) in [5, 5.41) is 14.2. The van der Waals surface area contributed by atoms with Gasteiger partial charge in [-0.05, 0) is 17.7 Å². The third-order valence-corrected chi connectivity index (χ3v) is 3.75. The van der Waals surface area contributed by atoms with Crippen molar-refractivity contribution in [3.63, 3.8) is 0 Å². The molecule has 0 saturated heterocycles. The molecule has 0 fully saturated rings. The number of nitrogens with zero attached hydrogens (tertiary/aromatic N) is 1. The van der Waals surface area contributed by atoms with Gasteiger partial charge in [-0.3, -0.25) is 10.1 Å². The Hall–Kier alpha value is -1.30. The molecule has 7 heteroatoms. The number of nitro groups is 1. The Morgan fingerprint density at radius 3 is 2.20 bits per heavy atom. The van der Waals surface area contributed by atoms with Gasteiger partial charge in [-0.15, -0.1) is 0 Å². The van der Waals surface area contributed by atoms with Crippen molar-refractivity contribution in [3.05, 3.63) is 66.6 Å². The molecular formula is C13H9BrCl2N2O2. The number of rotatable bonds is 4. The summed E-state index contributed by atoms with van der Waals surface area (Å²) in [6.45, 7) is 0.518. The molecule has 0 amide bonds. The van der Waals surface area contributed by atoms with E-state index in [1.165, 1.54) is 12.1 Å². The highest BCUT2D eigenvalue weighted by atomic mass is 79.9. The van der Waals surface area contributed by atoms with Gasteiger partial charge in [0.25, 0.3) is 5.69 Å². The molecule has 2 aromatic rings. The largest absolute Gasteiger partial charge is 0.379 e. The maximum atomic E-state index is 10.7. The van der Waals surface area contributed by atoms with E-state index in [4.69, 9.17) is 23.2 Å². The second kappa shape index (κ2) is 6.43. The molecule has 1 N–H and O–H groups in total. The molecule has 20 heavy (non-hydrogen) atoms. The Kier molecular flexibility index (Phi) is 4.86. The normalized spacial score (nSPS) is 10.3. The Morgan fingerprint density at radius 2 is 1.70 bits per heavy atom. The predicted molar refractivity (Wildman–Crippen MR) is 84.6 cm³/mol. The lowest BCUT2D eigenvalue weighted by Gasteiger charge is -2.10. The van der Waals surface area contributed by atoms with Gasteiger partial charge in [0, 0.05) is 23.2 Å². The fourth-order valence-electron chi connectivity index (χ4n) is 1.63. The molecule has 0 bridgehead atoms. The van der Waals surface area contributed by atoms with E-state index in [0.29, 0.717) is 12.2 Å². The van der Waals surface area contributed by atoms with Crippen molar-refractivity contribution in [2.24, 2.45) is 0 Å². The molecule has 104 valence electrons. The summed E-state index contributed by atoms with van der Waals surface area (Å²) in [4.78, 5) is 10.2. The van der Waals surface area contributed by atoms with Gasteiger partial charge >= 0.3 is 0 Å². The van der Waals surface area contributed by atoms with Crippen molar-refractivity contribution in [3.8, 4) is 0 Å². The molecule has 0 aliphatic rings. The highest BCUT2D eigenvalue weighted by Crippen LogP contribution is 2.34. The zero-order valence-electron chi connectivity index (χ0n) is 10.1. The third kappa shape index (κ3) is 3.62. The fraction of sp³-hybridized carbons (Fsp3) is 0.0769. The molecule has 0 radical (unpaired) electrons. The van der Waals surface area contributed by atoms with Crippen molar-refractivity contribution in [1.29, 1.82) is 0 Å². The van der Waals surface area contributed by atoms with E-state index in [2.05, 4.69) is 21.2 Å². The predicted octanol–water partition coefficient (Wildman–Crippen LogP) is 5.28. The van der Waals surface area contributed by atoms with Gasteiger partial charge in [-0.2, -0.15) is 0 Å². The van der Waals surface area contributed by atoms with Gasteiger partial charge in [0.15, 0.2) is 0 Å². The maximum absolute atomic E-state index is 10.7. The van der Waals surface area contributed by atoms with Gasteiger partial charge in [0.1, 0.15) is 0 Å². The van der Waals surface area contributed by atoms with E-state index < -0.39 is 4.92 Å². The van der Waals surface area contributed by atoms with Crippen LogP contribution >= 0.6 is 39.1 Å². The lowest BCUT2D eigenvalue weighted by molar-refractivity contribution is -0.384. The number of anilines is 1. The highest BCUT2D eigenvalue weighted by Gasteiger charge is 2.14. The minimum absolute atomic E-state index is 0.130. The first-order valence-corrected chi connectivity index (χ1v) is 7.14. The Morgan fingerprint density at radius 1 is 1.15 bits per heavy atom. The van der Waals surface area contributed by atoms with Crippen LogP contribution in [-0.2, 0) is 6.54 Å². The Labute approximate surface area is 134 Å². The Bertz CT molecular complexity index is 624. The monoisotopic (exact) mass is 374 g/mol. The maximum Gasteiger partial charge on any atom is 0.272 e. The first kappa shape index (κ1) is 15.1. The van der Waals surface area contributed by atoms with E-state index in [0.717, 1.165) is 10.0 Å². The van der Waals surface area contributed by atoms with Gasteiger partial charge in [0.05, 0.1) is 20.7 Å². The van der Waals surface area contributed by atoms with Crippen molar-refractivity contribution < 1.29 is 4.92 Å². The van der Waals surface area contributed by atoms with Crippen LogP contribution in [0.25, 0.3) is 0 Å². The van der Waals surface area contributed by atoms with Crippen LogP contribution < -0.4 is 5.32 Å². The molecule has 0 aliphatic heterocycles. The highest BCUT2D eigenvalue weighted by molar-refractivity contribution is 9.10. The zero-order chi connectivity index (χ0) is 14.7. The molecule has 0 unspecified atom stereocenters. The van der Waals surface area contributed by atoms with Crippen LogP contribution in [0.4, 0.5) is 11.4 Å². The number of hydrogen-bond acceptors (Lipinski definition) is 3. The molecule has 0 aliphatic carbocycles. The average molecular weight is 376 g/mol. The van der Waals surface area contributed by atoms with Crippen LogP contribution in [0, 0.1) is 10.1 Å². The van der Waals surface area contributed by atoms with E-state index in [9.17, 15) is 10.1 Å². The van der Waals surface area contributed by atoms with Crippen LogP contribution in [0.5, 0.6) is 0 Å². The first-order valence-electron chi connectivity index (χ1n) is 5.59. The lowest BCUT2D eigenvalue weighted by Crippen LogP contribution is -2.01. The molecule has 2 rings (SSSR count). The smallest absolute Gasteiger partial charge is 0.272 e. The number of halogens is 3. The third-order valence-electron chi connectivity index (χ3n) is 2.62. The summed E-state index contributed by atoms with van der Waals surface area (Å²) < 4.78 is 0.993. The van der Waals surface area contributed by atoms with E-state index in [1.807, 2.05) is 24.3 Å². The van der Waals surface area contributed by atoms with Crippen molar-refractivity contribution in [1.82, 2.24) is 0 Å². The van der Waals surface area contributed by atoms with Crippen LogP contribution in [0.3, 0.4) is 0 Å². The molecule has 0 atom stereocenters. The van der Waals surface area contributed by atoms with Gasteiger partial charge in [-0.1, -0.05) is 51.3 Å². The number of nitrogens with one attached hydrogen (secondary N) is 1. The Balaban J connectivity index is 2.17. The van der Waals surface area contributed by atoms with Crippen LogP contribution in [-0.4, -0.2) is 4.92 Å². The van der Waals surface area contributed by atoms with E-state index in [1.54, 1.807) is 0 Å². The SMILES string of the molecule is O=[N+]([O-])c1cc(Cl)c(NCc2ccc(Br)cc2)c(Cl)c1. The standard InChI is InChI=1S/C13H9BrCl2N2O2/c14-9-3-1-8(2-4-9)7-17-13-11(15)5-10(18(19)20)6-12(13)16/h1-6,17H,7H2. The van der Waals surface area contributed by atoms with Crippen molar-refractivity contribution >= 4 is 50.5 Å². The average Bonchev–Trinajstić information content (AvgIpc) is 2.39. The topological polar surface area (TPSA) is 55.2 Å². The number of benzene rings is 2. The van der Waals surface area contributed by atoms with Crippen LogP contribution in [0.1, 0.15) is 5.56 Å². The van der Waals surface area contributed by atoms with Gasteiger partial charge in [-0.25, -0.2) is 0 Å². The molecule has 0 heterocycles. The van der Waals surface area contributed by atoms with Crippen LogP contribution in [0.2, 0.25) is 10.0 Å². The van der Waals surface area contributed by atoms with E-state index >= 15 is 0 Å². The number of nitro benzene ring substituents is 1. The zero-order valence-corrected chi connectivity index (χ0v) is 13.2. The quantitative estimate of drug-likeness (QED) is 0.584.